The van der Waals surface area contributed by atoms with Gasteiger partial charge in [0.2, 0.25) is 0 Å². The summed E-state index contributed by atoms with van der Waals surface area (Å²) in [6, 6.07) is 3.96. The first kappa shape index (κ1) is 16.0. The number of hydrogen-bond donors (Lipinski definition) is 1. The van der Waals surface area contributed by atoms with Crippen molar-refractivity contribution in [3.05, 3.63) is 24.2 Å². The van der Waals surface area contributed by atoms with Crippen LogP contribution < -0.4 is 0 Å². The molecular weight excluding hydrogens is 282 g/mol. The van der Waals surface area contributed by atoms with Gasteiger partial charge in [0.25, 0.3) is 0 Å². The molecule has 1 aromatic heterocycles. The van der Waals surface area contributed by atoms with Crippen LogP contribution in [0.4, 0.5) is 0 Å². The molecule has 0 aromatic carbocycles. The average Bonchev–Trinajstić information content (AvgIpc) is 3.03. The second-order valence-electron chi connectivity index (χ2n) is 6.22. The highest BCUT2D eigenvalue weighted by atomic mass is 16.5. The number of β-amino-alcohol motifs (C(OH)–C–C–N with tert-alkyl or cyclic N) is 1. The summed E-state index contributed by atoms with van der Waals surface area (Å²) in [6.07, 6.45) is 1.46. The highest BCUT2D eigenvalue weighted by molar-refractivity contribution is 4.98. The zero-order valence-electron chi connectivity index (χ0n) is 13.2. The normalized spacial score (nSPS) is 23.7. The van der Waals surface area contributed by atoms with Crippen LogP contribution in [0.5, 0.6) is 0 Å². The van der Waals surface area contributed by atoms with Crippen molar-refractivity contribution < 1.29 is 14.3 Å². The fourth-order valence-electron chi connectivity index (χ4n) is 3.19. The number of furan rings is 1. The molecule has 0 saturated carbocycles. The van der Waals surface area contributed by atoms with Gasteiger partial charge in [-0.15, -0.1) is 0 Å². The van der Waals surface area contributed by atoms with Crippen molar-refractivity contribution in [1.82, 2.24) is 14.7 Å². The summed E-state index contributed by atoms with van der Waals surface area (Å²) in [5.74, 6) is 1.03. The van der Waals surface area contributed by atoms with Gasteiger partial charge in [-0.05, 0) is 12.1 Å². The Morgan fingerprint density at radius 1 is 0.955 bits per heavy atom. The number of ether oxygens (including phenoxy) is 1. The minimum absolute atomic E-state index is 0.269. The molecule has 0 amide bonds. The molecule has 0 bridgehead atoms. The molecule has 1 aromatic rings. The van der Waals surface area contributed by atoms with Gasteiger partial charge in [0, 0.05) is 52.4 Å². The first-order valence-electron chi connectivity index (χ1n) is 8.25. The van der Waals surface area contributed by atoms with Crippen molar-refractivity contribution in [2.45, 2.75) is 12.6 Å². The van der Waals surface area contributed by atoms with Gasteiger partial charge in [0.05, 0.1) is 32.1 Å². The fourth-order valence-corrected chi connectivity index (χ4v) is 3.19. The molecule has 1 atom stereocenters. The lowest BCUT2D eigenvalue weighted by atomic mass is 10.2. The lowest BCUT2D eigenvalue weighted by Gasteiger charge is -2.36. The van der Waals surface area contributed by atoms with Gasteiger partial charge in [-0.1, -0.05) is 0 Å². The number of rotatable bonds is 6. The summed E-state index contributed by atoms with van der Waals surface area (Å²) < 4.78 is 10.7. The van der Waals surface area contributed by atoms with Crippen LogP contribution in [0.1, 0.15) is 5.76 Å². The molecular formula is C16H27N3O3. The van der Waals surface area contributed by atoms with Crippen LogP contribution in [0, 0.1) is 0 Å². The maximum atomic E-state index is 10.3. The van der Waals surface area contributed by atoms with Crippen molar-refractivity contribution in [2.75, 3.05) is 65.6 Å². The number of aliphatic hydroxyl groups is 1. The average molecular weight is 309 g/mol. The fraction of sp³-hybridized carbons (Fsp3) is 0.750. The molecule has 124 valence electrons. The Balaban J connectivity index is 1.34. The van der Waals surface area contributed by atoms with Crippen LogP contribution in [0.25, 0.3) is 0 Å². The Labute approximate surface area is 132 Å². The van der Waals surface area contributed by atoms with Gasteiger partial charge in [0.15, 0.2) is 0 Å². The highest BCUT2D eigenvalue weighted by Gasteiger charge is 2.21. The number of morpholine rings is 1. The molecule has 0 radical (unpaired) electrons. The molecule has 6 heteroatoms. The Morgan fingerprint density at radius 2 is 1.59 bits per heavy atom. The molecule has 3 rings (SSSR count). The van der Waals surface area contributed by atoms with Gasteiger partial charge in [-0.2, -0.15) is 0 Å². The summed E-state index contributed by atoms with van der Waals surface area (Å²) in [6.45, 7) is 9.97. The molecule has 2 saturated heterocycles. The highest BCUT2D eigenvalue weighted by Crippen LogP contribution is 2.09. The number of aliphatic hydroxyl groups excluding tert-OH is 1. The molecule has 6 nitrogen and oxygen atoms in total. The number of nitrogens with zero attached hydrogens (tertiary/aromatic N) is 3. The minimum atomic E-state index is -0.269. The largest absolute Gasteiger partial charge is 0.468 e. The molecule has 0 spiro atoms. The standard InChI is InChI=1S/C16H27N3O3/c20-15(13-19-7-10-21-11-8-19)12-17-3-5-18(6-4-17)14-16-2-1-9-22-16/h1-2,9,15,20H,3-8,10-14H2. The van der Waals surface area contributed by atoms with Crippen molar-refractivity contribution in [3.63, 3.8) is 0 Å². The van der Waals surface area contributed by atoms with E-state index in [2.05, 4.69) is 14.7 Å². The molecule has 0 aliphatic carbocycles. The van der Waals surface area contributed by atoms with Crippen molar-refractivity contribution in [1.29, 1.82) is 0 Å². The van der Waals surface area contributed by atoms with E-state index in [1.165, 1.54) is 0 Å². The maximum absolute atomic E-state index is 10.3. The second kappa shape index (κ2) is 8.08. The lowest BCUT2D eigenvalue weighted by Crippen LogP contribution is -2.50. The molecule has 22 heavy (non-hydrogen) atoms. The molecule has 2 aliphatic heterocycles. The van der Waals surface area contributed by atoms with Crippen molar-refractivity contribution in [3.8, 4) is 0 Å². The zero-order valence-corrected chi connectivity index (χ0v) is 13.2. The number of piperazine rings is 1. The maximum Gasteiger partial charge on any atom is 0.117 e. The third-order valence-electron chi connectivity index (χ3n) is 4.47. The van der Waals surface area contributed by atoms with E-state index in [9.17, 15) is 5.11 Å². The van der Waals surface area contributed by atoms with Gasteiger partial charge >= 0.3 is 0 Å². The van der Waals surface area contributed by atoms with Crippen molar-refractivity contribution in [2.24, 2.45) is 0 Å². The van der Waals surface area contributed by atoms with E-state index in [1.54, 1.807) is 6.26 Å². The van der Waals surface area contributed by atoms with E-state index in [0.29, 0.717) is 0 Å². The van der Waals surface area contributed by atoms with Gasteiger partial charge < -0.3 is 14.3 Å². The lowest BCUT2D eigenvalue weighted by molar-refractivity contribution is 0.00194. The van der Waals surface area contributed by atoms with Gasteiger partial charge in [0.1, 0.15) is 5.76 Å². The smallest absolute Gasteiger partial charge is 0.117 e. The van der Waals surface area contributed by atoms with E-state index in [4.69, 9.17) is 9.15 Å². The first-order valence-corrected chi connectivity index (χ1v) is 8.25. The van der Waals surface area contributed by atoms with E-state index < -0.39 is 0 Å². The SMILES string of the molecule is OC(CN1CCOCC1)CN1CCN(Cc2ccco2)CC1. The monoisotopic (exact) mass is 309 g/mol. The number of hydrogen-bond acceptors (Lipinski definition) is 6. The van der Waals surface area contributed by atoms with E-state index >= 15 is 0 Å². The quantitative estimate of drug-likeness (QED) is 0.804. The van der Waals surface area contributed by atoms with Crippen LogP contribution in [-0.2, 0) is 11.3 Å². The summed E-state index contributed by atoms with van der Waals surface area (Å²) >= 11 is 0. The van der Waals surface area contributed by atoms with E-state index in [1.807, 2.05) is 12.1 Å². The van der Waals surface area contributed by atoms with E-state index in [-0.39, 0.29) is 6.10 Å². The molecule has 1 N–H and O–H groups in total. The Kier molecular flexibility index (Phi) is 5.86. The zero-order chi connectivity index (χ0) is 15.2. The van der Waals surface area contributed by atoms with Gasteiger partial charge in [-0.3, -0.25) is 14.7 Å². The second-order valence-corrected chi connectivity index (χ2v) is 6.22. The minimum Gasteiger partial charge on any atom is -0.468 e. The topological polar surface area (TPSA) is 52.3 Å². The summed E-state index contributed by atoms with van der Waals surface area (Å²) in [5.41, 5.74) is 0. The van der Waals surface area contributed by atoms with Gasteiger partial charge in [-0.25, -0.2) is 0 Å². The van der Waals surface area contributed by atoms with Crippen LogP contribution in [0.15, 0.2) is 22.8 Å². The van der Waals surface area contributed by atoms with E-state index in [0.717, 1.165) is 77.9 Å². The molecule has 2 aliphatic rings. The van der Waals surface area contributed by atoms with Crippen LogP contribution in [-0.4, -0.2) is 91.5 Å². The third-order valence-corrected chi connectivity index (χ3v) is 4.47. The summed E-state index contributed by atoms with van der Waals surface area (Å²) in [4.78, 5) is 7.06. The Bertz CT molecular complexity index is 412. The van der Waals surface area contributed by atoms with Crippen LogP contribution in [0.2, 0.25) is 0 Å². The Morgan fingerprint density at radius 3 is 2.23 bits per heavy atom. The Hall–Kier alpha value is -0.920. The summed E-state index contributed by atoms with van der Waals surface area (Å²) in [5, 5.41) is 10.3. The summed E-state index contributed by atoms with van der Waals surface area (Å²) in [7, 11) is 0. The predicted octanol–water partition coefficient (Wildman–Crippen LogP) is 0.0903. The van der Waals surface area contributed by atoms with Crippen LogP contribution in [0.3, 0.4) is 0 Å². The first-order chi connectivity index (χ1) is 10.8. The third kappa shape index (κ3) is 4.79. The molecule has 3 heterocycles. The molecule has 2 fully saturated rings. The predicted molar refractivity (Wildman–Crippen MR) is 83.7 cm³/mol. The van der Waals surface area contributed by atoms with Crippen LogP contribution >= 0.6 is 0 Å². The van der Waals surface area contributed by atoms with Crippen molar-refractivity contribution >= 4 is 0 Å². The molecule has 1 unspecified atom stereocenters.